The zero-order valence-electron chi connectivity index (χ0n) is 15.7. The zero-order chi connectivity index (χ0) is 20.8. The van der Waals surface area contributed by atoms with Gasteiger partial charge in [-0.3, -0.25) is 14.5 Å². The monoisotopic (exact) mass is 399 g/mol. The van der Waals surface area contributed by atoms with Crippen LogP contribution in [0.3, 0.4) is 0 Å². The van der Waals surface area contributed by atoms with E-state index in [0.29, 0.717) is 5.56 Å². The highest BCUT2D eigenvalue weighted by atomic mass is 19.2. The topological polar surface area (TPSA) is 78.5 Å². The van der Waals surface area contributed by atoms with E-state index in [-0.39, 0.29) is 5.69 Å². The number of nitrogens with zero attached hydrogens (tertiary/aromatic N) is 1. The summed E-state index contributed by atoms with van der Waals surface area (Å²) in [6.45, 7) is 1.07. The Bertz CT molecular complexity index is 1040. The summed E-state index contributed by atoms with van der Waals surface area (Å²) in [5.74, 6) is -3.39. The highest BCUT2D eigenvalue weighted by Crippen LogP contribution is 2.32. The minimum Gasteiger partial charge on any atom is -0.324 e. The van der Waals surface area contributed by atoms with Gasteiger partial charge in [-0.05, 0) is 55.0 Å². The number of hydrogen-bond donors (Lipinski definition) is 2. The van der Waals surface area contributed by atoms with Gasteiger partial charge in [0, 0.05) is 11.8 Å². The third-order valence-electron chi connectivity index (χ3n) is 5.46. The molecule has 4 rings (SSSR count). The number of aryl methyl sites for hydroxylation is 2. The van der Waals surface area contributed by atoms with Gasteiger partial charge in [-0.15, -0.1) is 0 Å². The Hall–Kier alpha value is -3.29. The highest BCUT2D eigenvalue weighted by Gasteiger charge is 2.49. The van der Waals surface area contributed by atoms with E-state index in [9.17, 15) is 23.2 Å². The number of amides is 4. The van der Waals surface area contributed by atoms with Gasteiger partial charge in [0.25, 0.3) is 5.91 Å². The lowest BCUT2D eigenvalue weighted by Gasteiger charge is -2.23. The minimum atomic E-state index is -1.27. The molecule has 1 fully saturated rings. The van der Waals surface area contributed by atoms with Crippen LogP contribution in [-0.4, -0.2) is 29.3 Å². The molecule has 1 heterocycles. The summed E-state index contributed by atoms with van der Waals surface area (Å²) in [5.41, 5.74) is 1.84. The maximum absolute atomic E-state index is 13.3. The van der Waals surface area contributed by atoms with Crippen molar-refractivity contribution in [3.8, 4) is 0 Å². The number of halogens is 2. The SMILES string of the molecule is C[C@]1(c2ccc3c(c2)CCC3)NC(=O)N(CC(=O)Nc2ccc(F)c(F)c2)C1=O. The van der Waals surface area contributed by atoms with Gasteiger partial charge < -0.3 is 10.6 Å². The number of carbonyl (C=O) groups is 3. The molecule has 0 bridgehead atoms. The molecule has 2 aromatic rings. The lowest BCUT2D eigenvalue weighted by molar-refractivity contribution is -0.133. The first-order valence-electron chi connectivity index (χ1n) is 9.29. The van der Waals surface area contributed by atoms with Gasteiger partial charge in [-0.2, -0.15) is 0 Å². The molecule has 6 nitrogen and oxygen atoms in total. The van der Waals surface area contributed by atoms with Crippen molar-refractivity contribution >= 4 is 23.5 Å². The van der Waals surface area contributed by atoms with E-state index < -0.39 is 41.6 Å². The predicted octanol–water partition coefficient (Wildman–Crippen LogP) is 2.86. The maximum atomic E-state index is 13.3. The van der Waals surface area contributed by atoms with Crippen molar-refractivity contribution in [3.63, 3.8) is 0 Å². The summed E-state index contributed by atoms with van der Waals surface area (Å²) in [6.07, 6.45) is 3.00. The first-order chi connectivity index (χ1) is 13.8. The van der Waals surface area contributed by atoms with Gasteiger partial charge >= 0.3 is 6.03 Å². The number of carbonyl (C=O) groups excluding carboxylic acids is 3. The molecule has 1 atom stereocenters. The molecule has 0 spiro atoms. The average molecular weight is 399 g/mol. The summed E-state index contributed by atoms with van der Waals surface area (Å²) < 4.78 is 26.3. The van der Waals surface area contributed by atoms with Crippen molar-refractivity contribution in [2.24, 2.45) is 0 Å². The average Bonchev–Trinajstić information content (AvgIpc) is 3.23. The molecule has 1 aliphatic heterocycles. The summed E-state index contributed by atoms with van der Waals surface area (Å²) in [4.78, 5) is 38.5. The van der Waals surface area contributed by atoms with Gasteiger partial charge in [0.15, 0.2) is 11.6 Å². The first-order valence-corrected chi connectivity index (χ1v) is 9.29. The van der Waals surface area contributed by atoms with Crippen molar-refractivity contribution in [3.05, 3.63) is 64.7 Å². The third kappa shape index (κ3) is 3.35. The van der Waals surface area contributed by atoms with Gasteiger partial charge in [-0.25, -0.2) is 13.6 Å². The molecule has 2 N–H and O–H groups in total. The van der Waals surface area contributed by atoms with Crippen LogP contribution >= 0.6 is 0 Å². The van der Waals surface area contributed by atoms with Crippen LogP contribution in [-0.2, 0) is 28.0 Å². The summed E-state index contributed by atoms with van der Waals surface area (Å²) in [5, 5.41) is 5.03. The van der Waals surface area contributed by atoms with Gasteiger partial charge in [0.2, 0.25) is 5.91 Å². The zero-order valence-corrected chi connectivity index (χ0v) is 15.7. The lowest BCUT2D eigenvalue weighted by Crippen LogP contribution is -2.42. The van der Waals surface area contributed by atoms with E-state index in [2.05, 4.69) is 10.6 Å². The largest absolute Gasteiger partial charge is 0.325 e. The fourth-order valence-corrected chi connectivity index (χ4v) is 3.84. The predicted molar refractivity (Wildman–Crippen MR) is 101 cm³/mol. The van der Waals surface area contributed by atoms with Gasteiger partial charge in [0.05, 0.1) is 0 Å². The molecular weight excluding hydrogens is 380 g/mol. The van der Waals surface area contributed by atoms with E-state index in [0.717, 1.165) is 36.3 Å². The maximum Gasteiger partial charge on any atom is 0.325 e. The van der Waals surface area contributed by atoms with E-state index in [1.165, 1.54) is 17.2 Å². The molecule has 2 aromatic carbocycles. The molecule has 4 amide bonds. The standard InChI is InChI=1S/C21H19F2N3O3/c1-21(14-6-5-12-3-2-4-13(12)9-14)19(28)26(20(29)25-21)11-18(27)24-15-7-8-16(22)17(23)10-15/h5-10H,2-4,11H2,1H3,(H,24,27)(H,25,29)/t21-/m1/s1. The number of fused-ring (bicyclic) bond motifs is 1. The van der Waals surface area contributed by atoms with Crippen LogP contribution in [0.15, 0.2) is 36.4 Å². The molecule has 1 aliphatic carbocycles. The van der Waals surface area contributed by atoms with Crippen LogP contribution in [0, 0.1) is 11.6 Å². The summed E-state index contributed by atoms with van der Waals surface area (Å²) in [6, 6.07) is 7.95. The highest BCUT2D eigenvalue weighted by molar-refractivity contribution is 6.10. The number of hydrogen-bond acceptors (Lipinski definition) is 3. The van der Waals surface area contributed by atoms with Crippen molar-refractivity contribution in [2.75, 3.05) is 11.9 Å². The lowest BCUT2D eigenvalue weighted by atomic mass is 9.89. The number of imide groups is 1. The number of benzene rings is 2. The molecule has 150 valence electrons. The van der Waals surface area contributed by atoms with Crippen LogP contribution in [0.5, 0.6) is 0 Å². The van der Waals surface area contributed by atoms with Crippen molar-refractivity contribution in [1.82, 2.24) is 10.2 Å². The first kappa shape index (κ1) is 19.0. The summed E-state index contributed by atoms with van der Waals surface area (Å²) >= 11 is 0. The van der Waals surface area contributed by atoms with Gasteiger partial charge in [0.1, 0.15) is 12.1 Å². The second kappa shape index (κ2) is 6.95. The van der Waals surface area contributed by atoms with Crippen molar-refractivity contribution in [2.45, 2.75) is 31.7 Å². The fraction of sp³-hybridized carbons (Fsp3) is 0.286. The molecule has 8 heteroatoms. The van der Waals surface area contributed by atoms with Crippen LogP contribution < -0.4 is 10.6 Å². The number of rotatable bonds is 4. The second-order valence-electron chi connectivity index (χ2n) is 7.46. The van der Waals surface area contributed by atoms with Crippen LogP contribution in [0.1, 0.15) is 30.0 Å². The van der Waals surface area contributed by atoms with Gasteiger partial charge in [-0.1, -0.05) is 18.2 Å². The molecule has 0 unspecified atom stereocenters. The van der Waals surface area contributed by atoms with Crippen LogP contribution in [0.4, 0.5) is 19.3 Å². The van der Waals surface area contributed by atoms with E-state index in [1.807, 2.05) is 18.2 Å². The normalized spacial score (nSPS) is 20.6. The third-order valence-corrected chi connectivity index (χ3v) is 5.46. The van der Waals surface area contributed by atoms with Crippen molar-refractivity contribution in [1.29, 1.82) is 0 Å². The Balaban J connectivity index is 1.50. The smallest absolute Gasteiger partial charge is 0.324 e. The molecule has 0 aromatic heterocycles. The molecule has 29 heavy (non-hydrogen) atoms. The molecule has 0 radical (unpaired) electrons. The Morgan fingerprint density at radius 3 is 2.62 bits per heavy atom. The Kier molecular flexibility index (Phi) is 4.56. The summed E-state index contributed by atoms with van der Waals surface area (Å²) in [7, 11) is 0. The molecule has 2 aliphatic rings. The molecule has 0 saturated carbocycles. The quantitative estimate of drug-likeness (QED) is 0.776. The Morgan fingerprint density at radius 2 is 1.86 bits per heavy atom. The second-order valence-corrected chi connectivity index (χ2v) is 7.46. The van der Waals surface area contributed by atoms with Crippen molar-refractivity contribution < 1.29 is 23.2 Å². The van der Waals surface area contributed by atoms with Crippen LogP contribution in [0.2, 0.25) is 0 Å². The van der Waals surface area contributed by atoms with E-state index in [4.69, 9.17) is 0 Å². The minimum absolute atomic E-state index is 0.0299. The fourth-order valence-electron chi connectivity index (χ4n) is 3.84. The number of nitrogens with one attached hydrogen (secondary N) is 2. The van der Waals surface area contributed by atoms with E-state index in [1.54, 1.807) is 6.92 Å². The number of urea groups is 1. The van der Waals surface area contributed by atoms with Crippen LogP contribution in [0.25, 0.3) is 0 Å². The van der Waals surface area contributed by atoms with E-state index >= 15 is 0 Å². The number of anilines is 1. The Morgan fingerprint density at radius 1 is 1.10 bits per heavy atom. The Labute approximate surface area is 165 Å². The molecular formula is C21H19F2N3O3. The molecule has 1 saturated heterocycles.